The summed E-state index contributed by atoms with van der Waals surface area (Å²) in [7, 11) is 0. The lowest BCUT2D eigenvalue weighted by Crippen LogP contribution is -2.20. The Labute approximate surface area is 125 Å². The van der Waals surface area contributed by atoms with Crippen LogP contribution in [0.15, 0.2) is 42.5 Å². The van der Waals surface area contributed by atoms with E-state index in [-0.39, 0.29) is 5.56 Å². The number of carboxylic acids is 1. The number of aromatic carboxylic acids is 1. The summed E-state index contributed by atoms with van der Waals surface area (Å²) >= 11 is 0. The highest BCUT2D eigenvalue weighted by molar-refractivity contribution is 6.23. The first kappa shape index (κ1) is 13.8. The molecule has 22 heavy (non-hydrogen) atoms. The molecule has 0 spiro atoms. The van der Waals surface area contributed by atoms with Crippen molar-refractivity contribution in [2.45, 2.75) is 6.54 Å². The Hall–Kier alpha value is -3.15. The lowest BCUT2D eigenvalue weighted by Gasteiger charge is -2.10. The fourth-order valence-corrected chi connectivity index (χ4v) is 2.38. The Morgan fingerprint density at radius 1 is 1.09 bits per heavy atom. The monoisotopic (exact) mass is 296 g/mol. The number of rotatable bonds is 4. The minimum atomic E-state index is -0.993. The van der Waals surface area contributed by atoms with Gasteiger partial charge >= 0.3 is 5.97 Å². The van der Waals surface area contributed by atoms with Crippen molar-refractivity contribution in [3.63, 3.8) is 0 Å². The summed E-state index contributed by atoms with van der Waals surface area (Å²) in [5, 5.41) is 14.3. The van der Waals surface area contributed by atoms with E-state index in [2.05, 4.69) is 10.6 Å². The predicted molar refractivity (Wildman–Crippen MR) is 79.0 cm³/mol. The topological polar surface area (TPSA) is 95.5 Å². The second-order valence-electron chi connectivity index (χ2n) is 4.87. The van der Waals surface area contributed by atoms with E-state index in [1.54, 1.807) is 36.4 Å². The second kappa shape index (κ2) is 5.33. The van der Waals surface area contributed by atoms with Crippen LogP contribution in [0.3, 0.4) is 0 Å². The molecule has 0 atom stereocenters. The molecule has 1 aliphatic rings. The van der Waals surface area contributed by atoms with Crippen molar-refractivity contribution < 1.29 is 19.5 Å². The highest BCUT2D eigenvalue weighted by Crippen LogP contribution is 2.24. The van der Waals surface area contributed by atoms with Gasteiger partial charge in [-0.05, 0) is 29.8 Å². The number of nitrogens with one attached hydrogen (secondary N) is 2. The van der Waals surface area contributed by atoms with Crippen LogP contribution in [0, 0.1) is 0 Å². The van der Waals surface area contributed by atoms with E-state index in [4.69, 9.17) is 5.11 Å². The first-order valence-corrected chi connectivity index (χ1v) is 6.61. The van der Waals surface area contributed by atoms with Crippen LogP contribution in [0.5, 0.6) is 0 Å². The lowest BCUT2D eigenvalue weighted by molar-refractivity contribution is 0.0696. The summed E-state index contributed by atoms with van der Waals surface area (Å²) in [5.41, 5.74) is 2.17. The number of fused-ring (bicyclic) bond motifs is 1. The van der Waals surface area contributed by atoms with E-state index in [1.807, 2.05) is 0 Å². The summed E-state index contributed by atoms with van der Waals surface area (Å²) in [6.07, 6.45) is 0. The molecule has 2 amide bonds. The fraction of sp³-hybridized carbons (Fsp3) is 0.0625. The van der Waals surface area contributed by atoms with Crippen LogP contribution in [0.1, 0.15) is 36.6 Å². The van der Waals surface area contributed by atoms with Gasteiger partial charge in [0.2, 0.25) is 0 Å². The number of imide groups is 1. The Morgan fingerprint density at radius 2 is 1.86 bits per heavy atom. The van der Waals surface area contributed by atoms with Gasteiger partial charge in [0.15, 0.2) is 0 Å². The van der Waals surface area contributed by atoms with Crippen LogP contribution in [0.25, 0.3) is 0 Å². The number of hydrogen-bond acceptors (Lipinski definition) is 4. The minimum Gasteiger partial charge on any atom is -0.478 e. The van der Waals surface area contributed by atoms with Crippen LogP contribution in [0.4, 0.5) is 5.69 Å². The van der Waals surface area contributed by atoms with Gasteiger partial charge in [-0.15, -0.1) is 0 Å². The molecule has 2 aromatic carbocycles. The number of carbonyl (C=O) groups excluding carboxylic acids is 2. The number of carboxylic acid groups (broad SMARTS) is 1. The number of benzene rings is 2. The van der Waals surface area contributed by atoms with E-state index >= 15 is 0 Å². The lowest BCUT2D eigenvalue weighted by atomic mass is 10.1. The van der Waals surface area contributed by atoms with Crippen molar-refractivity contribution in [1.29, 1.82) is 0 Å². The molecule has 1 heterocycles. The molecule has 2 aromatic rings. The van der Waals surface area contributed by atoms with Gasteiger partial charge in [0.25, 0.3) is 11.8 Å². The highest BCUT2D eigenvalue weighted by atomic mass is 16.4. The molecule has 3 rings (SSSR count). The quantitative estimate of drug-likeness (QED) is 0.749. The predicted octanol–water partition coefficient (Wildman–Crippen LogP) is 1.88. The molecule has 6 heteroatoms. The number of anilines is 1. The molecular weight excluding hydrogens is 284 g/mol. The van der Waals surface area contributed by atoms with Gasteiger partial charge in [-0.1, -0.05) is 18.2 Å². The maximum absolute atomic E-state index is 11.8. The molecule has 3 N–H and O–H groups in total. The van der Waals surface area contributed by atoms with Gasteiger partial charge in [-0.2, -0.15) is 0 Å². The first-order chi connectivity index (χ1) is 10.6. The van der Waals surface area contributed by atoms with Crippen molar-refractivity contribution in [1.82, 2.24) is 5.32 Å². The molecule has 6 nitrogen and oxygen atoms in total. The van der Waals surface area contributed by atoms with Crippen LogP contribution < -0.4 is 10.6 Å². The van der Waals surface area contributed by atoms with Gasteiger partial charge in [0.05, 0.1) is 16.7 Å². The average molecular weight is 296 g/mol. The number of amides is 2. The number of carbonyl (C=O) groups is 3. The molecule has 0 bridgehead atoms. The summed E-state index contributed by atoms with van der Waals surface area (Å²) in [4.78, 5) is 34.3. The third kappa shape index (κ3) is 2.42. The van der Waals surface area contributed by atoms with E-state index < -0.39 is 17.8 Å². The molecule has 0 saturated carbocycles. The maximum Gasteiger partial charge on any atom is 0.335 e. The minimum absolute atomic E-state index is 0.200. The Balaban J connectivity index is 1.84. The standard InChI is InChI=1S/C16H12N2O4/c19-14-11-5-2-6-12(13(11)15(20)18-14)17-8-9-3-1-4-10(7-9)16(21)22/h1-7,17H,8H2,(H,21,22)(H,18,19,20). The van der Waals surface area contributed by atoms with Crippen molar-refractivity contribution >= 4 is 23.5 Å². The summed E-state index contributed by atoms with van der Waals surface area (Å²) in [6, 6.07) is 11.5. The summed E-state index contributed by atoms with van der Waals surface area (Å²) in [6.45, 7) is 0.346. The molecular formula is C16H12N2O4. The van der Waals surface area contributed by atoms with Crippen LogP contribution in [0.2, 0.25) is 0 Å². The van der Waals surface area contributed by atoms with E-state index in [0.29, 0.717) is 23.4 Å². The third-order valence-electron chi connectivity index (χ3n) is 3.42. The Morgan fingerprint density at radius 3 is 2.64 bits per heavy atom. The average Bonchev–Trinajstić information content (AvgIpc) is 2.81. The zero-order chi connectivity index (χ0) is 15.7. The fourth-order valence-electron chi connectivity index (χ4n) is 2.38. The Bertz CT molecular complexity index is 798. The molecule has 0 radical (unpaired) electrons. The largest absolute Gasteiger partial charge is 0.478 e. The zero-order valence-corrected chi connectivity index (χ0v) is 11.4. The Kier molecular flexibility index (Phi) is 3.34. The summed E-state index contributed by atoms with van der Waals surface area (Å²) in [5.74, 6) is -1.83. The molecule has 1 aliphatic heterocycles. The van der Waals surface area contributed by atoms with Crippen molar-refractivity contribution in [2.24, 2.45) is 0 Å². The normalized spacial score (nSPS) is 12.7. The van der Waals surface area contributed by atoms with Gasteiger partial charge in [0.1, 0.15) is 0 Å². The van der Waals surface area contributed by atoms with E-state index in [9.17, 15) is 14.4 Å². The highest BCUT2D eigenvalue weighted by Gasteiger charge is 2.29. The van der Waals surface area contributed by atoms with E-state index in [0.717, 1.165) is 5.56 Å². The summed E-state index contributed by atoms with van der Waals surface area (Å²) < 4.78 is 0. The SMILES string of the molecule is O=C(O)c1cccc(CNc2cccc3c2C(=O)NC3=O)c1. The van der Waals surface area contributed by atoms with Crippen molar-refractivity contribution in [3.8, 4) is 0 Å². The number of hydrogen-bond donors (Lipinski definition) is 3. The van der Waals surface area contributed by atoms with Gasteiger partial charge in [0, 0.05) is 12.2 Å². The zero-order valence-electron chi connectivity index (χ0n) is 11.4. The smallest absolute Gasteiger partial charge is 0.335 e. The van der Waals surface area contributed by atoms with Crippen LogP contribution >= 0.6 is 0 Å². The molecule has 0 saturated heterocycles. The van der Waals surface area contributed by atoms with E-state index in [1.165, 1.54) is 6.07 Å². The van der Waals surface area contributed by atoms with Gasteiger partial charge in [-0.25, -0.2) is 4.79 Å². The molecule has 0 aliphatic carbocycles. The molecule has 0 aromatic heterocycles. The van der Waals surface area contributed by atoms with Crippen LogP contribution in [-0.2, 0) is 6.54 Å². The molecule has 0 unspecified atom stereocenters. The first-order valence-electron chi connectivity index (χ1n) is 6.61. The second-order valence-corrected chi connectivity index (χ2v) is 4.87. The van der Waals surface area contributed by atoms with Crippen LogP contribution in [-0.4, -0.2) is 22.9 Å². The molecule has 110 valence electrons. The van der Waals surface area contributed by atoms with Gasteiger partial charge < -0.3 is 10.4 Å². The van der Waals surface area contributed by atoms with Crippen molar-refractivity contribution in [2.75, 3.05) is 5.32 Å². The van der Waals surface area contributed by atoms with Gasteiger partial charge in [-0.3, -0.25) is 14.9 Å². The molecule has 0 fully saturated rings. The van der Waals surface area contributed by atoms with Crippen molar-refractivity contribution in [3.05, 3.63) is 64.7 Å². The third-order valence-corrected chi connectivity index (χ3v) is 3.42. The maximum atomic E-state index is 11.8.